The van der Waals surface area contributed by atoms with Gasteiger partial charge in [-0.25, -0.2) is 9.59 Å². The minimum atomic E-state index is -1.53. The Labute approximate surface area is 182 Å². The summed E-state index contributed by atoms with van der Waals surface area (Å²) in [6.45, 7) is 5.71. The second-order valence-electron chi connectivity index (χ2n) is 9.26. The molecular weight excluding hydrogens is 394 g/mol. The normalized spacial score (nSPS) is 22.6. The highest BCUT2D eigenvalue weighted by molar-refractivity contribution is 5.88. The van der Waals surface area contributed by atoms with Crippen LogP contribution in [0.15, 0.2) is 48.5 Å². The number of ether oxygens (including phenoxy) is 2. The minimum Gasteiger partial charge on any atom is -0.479 e. The van der Waals surface area contributed by atoms with Gasteiger partial charge in [0.2, 0.25) is 0 Å². The number of methoxy groups -OCH3 is 1. The predicted molar refractivity (Wildman–Crippen MR) is 117 cm³/mol. The molecule has 6 nitrogen and oxygen atoms in total. The first-order valence-electron chi connectivity index (χ1n) is 10.7. The zero-order valence-corrected chi connectivity index (χ0v) is 18.4. The lowest BCUT2D eigenvalue weighted by atomic mass is 9.88. The van der Waals surface area contributed by atoms with Crippen LogP contribution in [-0.4, -0.2) is 46.4 Å². The number of amides is 1. The summed E-state index contributed by atoms with van der Waals surface area (Å²) in [4.78, 5) is 27.7. The number of nitrogens with zero attached hydrogens (tertiary/aromatic N) is 1. The lowest BCUT2D eigenvalue weighted by Gasteiger charge is -2.45. The molecule has 2 unspecified atom stereocenters. The molecule has 4 rings (SSSR count). The van der Waals surface area contributed by atoms with Crippen molar-refractivity contribution in [1.82, 2.24) is 4.90 Å². The van der Waals surface area contributed by atoms with Crippen molar-refractivity contribution in [2.75, 3.05) is 7.11 Å². The van der Waals surface area contributed by atoms with E-state index >= 15 is 0 Å². The molecule has 0 bridgehead atoms. The van der Waals surface area contributed by atoms with Crippen LogP contribution in [0.25, 0.3) is 11.1 Å². The topological polar surface area (TPSA) is 76.1 Å². The lowest BCUT2D eigenvalue weighted by molar-refractivity contribution is -0.170. The zero-order valence-electron chi connectivity index (χ0n) is 18.4. The van der Waals surface area contributed by atoms with Gasteiger partial charge in [0.25, 0.3) is 0 Å². The summed E-state index contributed by atoms with van der Waals surface area (Å²) in [5, 5.41) is 10.6. The summed E-state index contributed by atoms with van der Waals surface area (Å²) in [5.74, 6) is -1.06. The van der Waals surface area contributed by atoms with Gasteiger partial charge < -0.3 is 14.6 Å². The van der Waals surface area contributed by atoms with E-state index in [-0.39, 0.29) is 0 Å². The maximum Gasteiger partial charge on any atom is 0.411 e. The van der Waals surface area contributed by atoms with E-state index in [2.05, 4.69) is 0 Å². The molecule has 2 aromatic carbocycles. The first-order valence-corrected chi connectivity index (χ1v) is 10.7. The second kappa shape index (κ2) is 7.68. The van der Waals surface area contributed by atoms with Crippen LogP contribution in [0.3, 0.4) is 0 Å². The smallest absolute Gasteiger partial charge is 0.411 e. The number of carbonyl (C=O) groups excluding carboxylic acids is 1. The largest absolute Gasteiger partial charge is 0.479 e. The molecule has 164 valence electrons. The van der Waals surface area contributed by atoms with Crippen molar-refractivity contribution in [3.63, 3.8) is 0 Å². The molecular formula is C25H29NO5. The highest BCUT2D eigenvalue weighted by Crippen LogP contribution is 2.52. The molecule has 31 heavy (non-hydrogen) atoms. The summed E-state index contributed by atoms with van der Waals surface area (Å²) in [7, 11) is 1.30. The SMILES string of the molecule is COC(=O)N(C1c2ccccc2-c2ccccc21)C1(C(=O)O)CCCC1OC(C)(C)C. The van der Waals surface area contributed by atoms with Crippen LogP contribution in [0, 0.1) is 0 Å². The van der Waals surface area contributed by atoms with Gasteiger partial charge in [-0.2, -0.15) is 0 Å². The fourth-order valence-corrected chi connectivity index (χ4v) is 5.17. The maximum absolute atomic E-state index is 13.3. The summed E-state index contributed by atoms with van der Waals surface area (Å²) in [5.41, 5.74) is 1.72. The van der Waals surface area contributed by atoms with Gasteiger partial charge in [0.05, 0.1) is 24.9 Å². The van der Waals surface area contributed by atoms with Gasteiger partial charge in [-0.3, -0.25) is 4.90 Å². The Bertz CT molecular complexity index is 965. The Morgan fingerprint density at radius 2 is 1.58 bits per heavy atom. The Balaban J connectivity index is 1.94. The molecule has 2 aliphatic rings. The number of rotatable bonds is 4. The van der Waals surface area contributed by atoms with Gasteiger partial charge in [0, 0.05) is 0 Å². The van der Waals surface area contributed by atoms with E-state index in [4.69, 9.17) is 9.47 Å². The number of hydrogen-bond donors (Lipinski definition) is 1. The molecule has 0 saturated heterocycles. The predicted octanol–water partition coefficient (Wildman–Crippen LogP) is 5.02. The third-order valence-electron chi connectivity index (χ3n) is 6.28. The van der Waals surface area contributed by atoms with E-state index in [0.29, 0.717) is 19.3 Å². The van der Waals surface area contributed by atoms with Gasteiger partial charge in [0.1, 0.15) is 0 Å². The number of carbonyl (C=O) groups is 2. The first-order chi connectivity index (χ1) is 14.7. The quantitative estimate of drug-likeness (QED) is 0.748. The highest BCUT2D eigenvalue weighted by atomic mass is 16.5. The van der Waals surface area contributed by atoms with Gasteiger partial charge >= 0.3 is 12.1 Å². The summed E-state index contributed by atoms with van der Waals surface area (Å²) < 4.78 is 11.4. The molecule has 0 spiro atoms. The van der Waals surface area contributed by atoms with Crippen molar-refractivity contribution in [2.45, 2.75) is 63.3 Å². The van der Waals surface area contributed by atoms with Crippen molar-refractivity contribution in [2.24, 2.45) is 0 Å². The van der Waals surface area contributed by atoms with Crippen LogP contribution < -0.4 is 0 Å². The van der Waals surface area contributed by atoms with Gasteiger partial charge in [0.15, 0.2) is 5.54 Å². The van der Waals surface area contributed by atoms with E-state index in [0.717, 1.165) is 22.3 Å². The highest BCUT2D eigenvalue weighted by Gasteiger charge is 2.60. The monoisotopic (exact) mass is 423 g/mol. The van der Waals surface area contributed by atoms with E-state index in [1.54, 1.807) is 0 Å². The van der Waals surface area contributed by atoms with E-state index in [1.165, 1.54) is 12.0 Å². The van der Waals surface area contributed by atoms with Crippen LogP contribution in [0.4, 0.5) is 4.79 Å². The Hall–Kier alpha value is -2.86. The summed E-state index contributed by atoms with van der Waals surface area (Å²) in [6, 6.07) is 15.1. The molecule has 2 aromatic rings. The van der Waals surface area contributed by atoms with Crippen molar-refractivity contribution >= 4 is 12.1 Å². The molecule has 0 radical (unpaired) electrons. The van der Waals surface area contributed by atoms with Gasteiger partial charge in [-0.15, -0.1) is 0 Å². The van der Waals surface area contributed by atoms with E-state index in [1.807, 2.05) is 69.3 Å². The van der Waals surface area contributed by atoms with E-state index < -0.39 is 35.3 Å². The van der Waals surface area contributed by atoms with Gasteiger partial charge in [-0.1, -0.05) is 48.5 Å². The maximum atomic E-state index is 13.3. The molecule has 1 fully saturated rings. The van der Waals surface area contributed by atoms with Crippen molar-refractivity contribution < 1.29 is 24.2 Å². The molecule has 1 saturated carbocycles. The number of carboxylic acid groups (broad SMARTS) is 1. The molecule has 0 aliphatic heterocycles. The average Bonchev–Trinajstić information content (AvgIpc) is 3.28. The molecule has 2 atom stereocenters. The molecule has 2 aliphatic carbocycles. The zero-order chi connectivity index (χ0) is 22.4. The fourth-order valence-electron chi connectivity index (χ4n) is 5.17. The fraction of sp³-hybridized carbons (Fsp3) is 0.440. The Morgan fingerprint density at radius 3 is 2.06 bits per heavy atom. The average molecular weight is 424 g/mol. The second-order valence-corrected chi connectivity index (χ2v) is 9.26. The lowest BCUT2D eigenvalue weighted by Crippen LogP contribution is -2.63. The van der Waals surface area contributed by atoms with Gasteiger partial charge in [-0.05, 0) is 62.3 Å². The Morgan fingerprint density at radius 1 is 1.03 bits per heavy atom. The minimum absolute atomic E-state index is 0.305. The van der Waals surface area contributed by atoms with Crippen LogP contribution >= 0.6 is 0 Å². The molecule has 0 aromatic heterocycles. The third kappa shape index (κ3) is 3.39. The summed E-state index contributed by atoms with van der Waals surface area (Å²) >= 11 is 0. The van der Waals surface area contributed by atoms with Crippen LogP contribution in [-0.2, 0) is 14.3 Å². The molecule has 1 N–H and O–H groups in total. The molecule has 1 amide bonds. The number of hydrogen-bond acceptors (Lipinski definition) is 4. The standard InChI is InChI=1S/C25H29NO5/c1-24(2,3)31-20-14-9-15-25(20,22(27)28)26(23(29)30-4)21-18-12-7-5-10-16(18)17-11-6-8-13-19(17)21/h5-8,10-13,20-21H,9,14-15H2,1-4H3,(H,27,28). The Kier molecular flexibility index (Phi) is 5.30. The van der Waals surface area contributed by atoms with Crippen LogP contribution in [0.2, 0.25) is 0 Å². The van der Waals surface area contributed by atoms with Crippen molar-refractivity contribution in [3.8, 4) is 11.1 Å². The number of aliphatic carboxylic acids is 1. The first kappa shape index (κ1) is 21.4. The molecule has 6 heteroatoms. The third-order valence-corrected chi connectivity index (χ3v) is 6.28. The number of carboxylic acids is 1. The van der Waals surface area contributed by atoms with E-state index in [9.17, 15) is 14.7 Å². The van der Waals surface area contributed by atoms with Crippen molar-refractivity contribution in [3.05, 3.63) is 59.7 Å². The van der Waals surface area contributed by atoms with Crippen LogP contribution in [0.5, 0.6) is 0 Å². The number of fused-ring (bicyclic) bond motifs is 3. The van der Waals surface area contributed by atoms with Crippen molar-refractivity contribution in [1.29, 1.82) is 0 Å². The van der Waals surface area contributed by atoms with Crippen LogP contribution in [0.1, 0.15) is 57.2 Å². The summed E-state index contributed by atoms with van der Waals surface area (Å²) in [6.07, 6.45) is 0.204. The molecule has 0 heterocycles. The number of benzene rings is 2.